The maximum atomic E-state index is 12.9. The number of nitrogens with zero attached hydrogens (tertiary/aromatic N) is 3. The third-order valence-corrected chi connectivity index (χ3v) is 8.04. The lowest BCUT2D eigenvalue weighted by Gasteiger charge is -2.34. The molecule has 1 N–H and O–H groups in total. The van der Waals surface area contributed by atoms with E-state index >= 15 is 0 Å². The minimum Gasteiger partial charge on any atom is -0.369 e. The minimum atomic E-state index is -3.77. The Kier molecular flexibility index (Phi) is 7.59. The van der Waals surface area contributed by atoms with Gasteiger partial charge in [-0.15, -0.1) is 0 Å². The van der Waals surface area contributed by atoms with E-state index in [2.05, 4.69) is 22.2 Å². The Morgan fingerprint density at radius 1 is 1.03 bits per heavy atom. The van der Waals surface area contributed by atoms with E-state index in [0.717, 1.165) is 31.9 Å². The number of amides is 1. The van der Waals surface area contributed by atoms with Gasteiger partial charge in [0.05, 0.1) is 5.02 Å². The highest BCUT2D eigenvalue weighted by Gasteiger charge is 2.25. The molecule has 1 heterocycles. The Bertz CT molecular complexity index is 1020. The number of likely N-dealkylation sites (N-methyl/N-ethyl adjacent to an activating group) is 1. The second-order valence-electron chi connectivity index (χ2n) is 7.53. The normalized spacial score (nSPS) is 15.3. The van der Waals surface area contributed by atoms with E-state index in [-0.39, 0.29) is 21.4 Å². The molecule has 1 aliphatic rings. The van der Waals surface area contributed by atoms with E-state index in [9.17, 15) is 13.2 Å². The summed E-state index contributed by atoms with van der Waals surface area (Å²) in [6.45, 7) is 8.15. The Balaban J connectivity index is 1.75. The number of piperazine rings is 1. The second-order valence-corrected chi connectivity index (χ2v) is 9.84. The molecule has 7 nitrogen and oxygen atoms in total. The van der Waals surface area contributed by atoms with E-state index in [1.54, 1.807) is 13.8 Å². The summed E-state index contributed by atoms with van der Waals surface area (Å²) < 4.78 is 27.0. The number of carbonyl (C=O) groups is 1. The van der Waals surface area contributed by atoms with Crippen LogP contribution >= 0.6 is 11.6 Å². The number of sulfonamides is 1. The molecule has 0 saturated carbocycles. The number of benzene rings is 2. The number of rotatable bonds is 7. The van der Waals surface area contributed by atoms with Crippen molar-refractivity contribution < 1.29 is 13.2 Å². The van der Waals surface area contributed by atoms with Crippen LogP contribution in [0, 0.1) is 0 Å². The van der Waals surface area contributed by atoms with E-state index in [1.807, 2.05) is 24.3 Å². The molecule has 0 unspecified atom stereocenters. The van der Waals surface area contributed by atoms with Gasteiger partial charge >= 0.3 is 0 Å². The van der Waals surface area contributed by atoms with Crippen molar-refractivity contribution >= 4 is 38.9 Å². The fourth-order valence-corrected chi connectivity index (χ4v) is 5.53. The van der Waals surface area contributed by atoms with Crippen LogP contribution in [0.15, 0.2) is 47.4 Å². The van der Waals surface area contributed by atoms with Crippen molar-refractivity contribution in [3.8, 4) is 0 Å². The molecule has 2 aromatic carbocycles. The fourth-order valence-electron chi connectivity index (χ4n) is 3.57. The fraction of sp³-hybridized carbons (Fsp3) is 0.409. The van der Waals surface area contributed by atoms with E-state index in [4.69, 9.17) is 11.6 Å². The Morgan fingerprint density at radius 2 is 1.65 bits per heavy atom. The van der Waals surface area contributed by atoms with Crippen LogP contribution in [0.5, 0.6) is 0 Å². The van der Waals surface area contributed by atoms with Crippen molar-refractivity contribution in [2.45, 2.75) is 18.7 Å². The van der Waals surface area contributed by atoms with Gasteiger partial charge < -0.3 is 15.1 Å². The molecular formula is C22H29ClN4O3S. The number of hydrogen-bond donors (Lipinski definition) is 1. The average molecular weight is 465 g/mol. The standard InChI is InChI=1S/C22H29ClN4O3S/c1-4-27(5-2)31(29,30)21-16-17(6-11-20(21)23)22(28)24-18-7-9-19(10-8-18)26-14-12-25(3)13-15-26/h6-11,16H,4-5,12-15H2,1-3H3,(H,24,28). The third kappa shape index (κ3) is 5.38. The highest BCUT2D eigenvalue weighted by molar-refractivity contribution is 7.89. The molecule has 0 atom stereocenters. The van der Waals surface area contributed by atoms with Crippen molar-refractivity contribution in [3.05, 3.63) is 53.1 Å². The van der Waals surface area contributed by atoms with Crippen molar-refractivity contribution in [1.29, 1.82) is 0 Å². The summed E-state index contributed by atoms with van der Waals surface area (Å²) in [6.07, 6.45) is 0. The lowest BCUT2D eigenvalue weighted by atomic mass is 10.2. The van der Waals surface area contributed by atoms with Crippen molar-refractivity contribution in [3.63, 3.8) is 0 Å². The summed E-state index contributed by atoms with van der Waals surface area (Å²) in [5.74, 6) is -0.389. The highest BCUT2D eigenvalue weighted by atomic mass is 35.5. The van der Waals surface area contributed by atoms with Crippen molar-refractivity contribution in [2.75, 3.05) is 56.5 Å². The summed E-state index contributed by atoms with van der Waals surface area (Å²) in [7, 11) is -1.65. The van der Waals surface area contributed by atoms with E-state index in [1.165, 1.54) is 22.5 Å². The van der Waals surface area contributed by atoms with Crippen molar-refractivity contribution in [1.82, 2.24) is 9.21 Å². The predicted octanol–water partition coefficient (Wildman–Crippen LogP) is 3.37. The van der Waals surface area contributed by atoms with Gasteiger partial charge in [-0.05, 0) is 49.5 Å². The average Bonchev–Trinajstić information content (AvgIpc) is 2.75. The summed E-state index contributed by atoms with van der Waals surface area (Å²) in [5.41, 5.74) is 1.99. The first-order valence-electron chi connectivity index (χ1n) is 10.4. The van der Waals surface area contributed by atoms with Crippen molar-refractivity contribution in [2.24, 2.45) is 0 Å². The molecule has 0 spiro atoms. The van der Waals surface area contributed by atoms with Gasteiger partial charge in [0, 0.05) is 56.2 Å². The molecule has 0 aliphatic carbocycles. The molecule has 0 aromatic heterocycles. The molecule has 1 fully saturated rings. The second kappa shape index (κ2) is 9.99. The van der Waals surface area contributed by atoms with Crippen LogP contribution in [-0.2, 0) is 10.0 Å². The van der Waals surface area contributed by atoms with Crippen LogP contribution in [-0.4, -0.2) is 69.8 Å². The minimum absolute atomic E-state index is 0.0593. The molecular weight excluding hydrogens is 436 g/mol. The first-order chi connectivity index (χ1) is 14.8. The first-order valence-corrected chi connectivity index (χ1v) is 12.2. The number of anilines is 2. The molecule has 1 aliphatic heterocycles. The summed E-state index contributed by atoms with van der Waals surface area (Å²) in [6, 6.07) is 12.0. The summed E-state index contributed by atoms with van der Waals surface area (Å²) in [4.78, 5) is 17.3. The van der Waals surface area contributed by atoms with Crippen LogP contribution in [0.1, 0.15) is 24.2 Å². The van der Waals surface area contributed by atoms with E-state index in [0.29, 0.717) is 18.8 Å². The zero-order chi connectivity index (χ0) is 22.6. The quantitative estimate of drug-likeness (QED) is 0.680. The lowest BCUT2D eigenvalue weighted by Crippen LogP contribution is -2.44. The van der Waals surface area contributed by atoms with Gasteiger partial charge in [0.25, 0.3) is 5.91 Å². The van der Waals surface area contributed by atoms with Gasteiger partial charge in [0.1, 0.15) is 4.90 Å². The molecule has 168 valence electrons. The number of nitrogens with one attached hydrogen (secondary N) is 1. The molecule has 0 radical (unpaired) electrons. The molecule has 9 heteroatoms. The summed E-state index contributed by atoms with van der Waals surface area (Å²) in [5, 5.41) is 2.93. The number of halogens is 1. The van der Waals surface area contributed by atoms with Gasteiger partial charge in [0.2, 0.25) is 10.0 Å². The van der Waals surface area contributed by atoms with Crippen LogP contribution in [0.2, 0.25) is 5.02 Å². The Hall–Kier alpha value is -2.13. The van der Waals surface area contributed by atoms with Crippen LogP contribution in [0.3, 0.4) is 0 Å². The number of carbonyl (C=O) groups excluding carboxylic acids is 1. The maximum absolute atomic E-state index is 12.9. The molecule has 3 rings (SSSR count). The summed E-state index contributed by atoms with van der Waals surface area (Å²) >= 11 is 6.16. The van der Waals surface area contributed by atoms with Gasteiger partial charge in [-0.25, -0.2) is 8.42 Å². The maximum Gasteiger partial charge on any atom is 0.255 e. The van der Waals surface area contributed by atoms with Crippen LogP contribution in [0.4, 0.5) is 11.4 Å². The zero-order valence-electron chi connectivity index (χ0n) is 18.1. The number of hydrogen-bond acceptors (Lipinski definition) is 5. The monoisotopic (exact) mass is 464 g/mol. The third-order valence-electron chi connectivity index (χ3n) is 5.51. The predicted molar refractivity (Wildman–Crippen MR) is 126 cm³/mol. The van der Waals surface area contributed by atoms with Gasteiger partial charge in [0.15, 0.2) is 0 Å². The molecule has 1 amide bonds. The molecule has 1 saturated heterocycles. The lowest BCUT2D eigenvalue weighted by molar-refractivity contribution is 0.102. The van der Waals surface area contributed by atoms with E-state index < -0.39 is 10.0 Å². The highest BCUT2D eigenvalue weighted by Crippen LogP contribution is 2.26. The Labute approximate surface area is 189 Å². The largest absolute Gasteiger partial charge is 0.369 e. The molecule has 31 heavy (non-hydrogen) atoms. The SMILES string of the molecule is CCN(CC)S(=O)(=O)c1cc(C(=O)Nc2ccc(N3CCN(C)CC3)cc2)ccc1Cl. The van der Waals surface area contributed by atoms with Crippen LogP contribution < -0.4 is 10.2 Å². The Morgan fingerprint density at radius 3 is 2.23 bits per heavy atom. The van der Waals surface area contributed by atoms with Gasteiger partial charge in [-0.2, -0.15) is 4.31 Å². The van der Waals surface area contributed by atoms with Gasteiger partial charge in [-0.1, -0.05) is 25.4 Å². The molecule has 0 bridgehead atoms. The zero-order valence-corrected chi connectivity index (χ0v) is 19.7. The topological polar surface area (TPSA) is 73.0 Å². The first kappa shape index (κ1) is 23.5. The van der Waals surface area contributed by atoms with Gasteiger partial charge in [-0.3, -0.25) is 4.79 Å². The van der Waals surface area contributed by atoms with Crippen LogP contribution in [0.25, 0.3) is 0 Å². The smallest absolute Gasteiger partial charge is 0.255 e. The molecule has 2 aromatic rings.